The summed E-state index contributed by atoms with van der Waals surface area (Å²) in [6.07, 6.45) is 1.05. The van der Waals surface area contributed by atoms with E-state index in [0.717, 1.165) is 0 Å². The summed E-state index contributed by atoms with van der Waals surface area (Å²) in [5, 5.41) is 0. The van der Waals surface area contributed by atoms with Gasteiger partial charge in [0.2, 0.25) is 0 Å². The van der Waals surface area contributed by atoms with Gasteiger partial charge in [-0.15, -0.1) is 0 Å². The van der Waals surface area contributed by atoms with Gasteiger partial charge in [-0.2, -0.15) is 0 Å². The maximum atomic E-state index is 11.1. The topological polar surface area (TPSA) is 52.6 Å². The van der Waals surface area contributed by atoms with Gasteiger partial charge in [-0.3, -0.25) is 0 Å². The second-order valence-corrected chi connectivity index (χ2v) is 3.50. The van der Waals surface area contributed by atoms with Crippen LogP contribution in [0.2, 0.25) is 0 Å². The molecule has 0 aliphatic rings. The van der Waals surface area contributed by atoms with E-state index in [0.29, 0.717) is 12.8 Å². The molecule has 0 rings (SSSR count). The summed E-state index contributed by atoms with van der Waals surface area (Å²) < 4.78 is 9.72. The van der Waals surface area contributed by atoms with Crippen molar-refractivity contribution in [2.24, 2.45) is 0 Å². The molecule has 16 heavy (non-hydrogen) atoms. The van der Waals surface area contributed by atoms with E-state index in [1.54, 1.807) is 13.8 Å². The fourth-order valence-electron chi connectivity index (χ4n) is 0.693. The molecule has 0 aromatic carbocycles. The zero-order valence-corrected chi connectivity index (χ0v) is 10.2. The molecule has 0 saturated heterocycles. The van der Waals surface area contributed by atoms with E-state index >= 15 is 0 Å². The lowest BCUT2D eigenvalue weighted by Gasteiger charge is -2.07. The molecule has 0 spiro atoms. The second-order valence-electron chi connectivity index (χ2n) is 3.50. The molecule has 2 atom stereocenters. The molecule has 90 valence electrons. The summed E-state index contributed by atoms with van der Waals surface area (Å²) in [6, 6.07) is 0. The van der Waals surface area contributed by atoms with E-state index in [1.165, 1.54) is 0 Å². The molecular weight excluding hydrogens is 208 g/mol. The Kier molecular flexibility index (Phi) is 7.02. The summed E-state index contributed by atoms with van der Waals surface area (Å²) in [6.45, 7) is 7.30. The third-order valence-electron chi connectivity index (χ3n) is 2.03. The first kappa shape index (κ1) is 14.5. The van der Waals surface area contributed by atoms with Gasteiger partial charge in [-0.05, 0) is 26.7 Å². The number of hydrogen-bond donors (Lipinski definition) is 0. The summed E-state index contributed by atoms with van der Waals surface area (Å²) in [5.41, 5.74) is 0. The minimum Gasteiger partial charge on any atom is -0.453 e. The maximum Gasteiger partial charge on any atom is 0.385 e. The first-order valence-corrected chi connectivity index (χ1v) is 5.42. The van der Waals surface area contributed by atoms with Gasteiger partial charge in [0.15, 0.2) is 0 Å². The van der Waals surface area contributed by atoms with Crippen LogP contribution >= 0.6 is 0 Å². The van der Waals surface area contributed by atoms with E-state index in [1.807, 2.05) is 13.8 Å². The minimum atomic E-state index is -0.699. The summed E-state index contributed by atoms with van der Waals surface area (Å²) in [7, 11) is 0. The Morgan fingerprint density at radius 2 is 1.25 bits per heavy atom. The van der Waals surface area contributed by atoms with Gasteiger partial charge in [-0.25, -0.2) is 9.59 Å². The second kappa shape index (κ2) is 7.75. The van der Waals surface area contributed by atoms with Crippen LogP contribution < -0.4 is 0 Å². The van der Waals surface area contributed by atoms with Crippen LogP contribution in [0, 0.1) is 11.8 Å². The molecule has 0 amide bonds. The predicted molar refractivity (Wildman–Crippen MR) is 59.5 cm³/mol. The number of hydrogen-bond acceptors (Lipinski definition) is 4. The molecule has 0 aliphatic heterocycles. The Hall–Kier alpha value is -1.50. The Morgan fingerprint density at radius 1 is 0.938 bits per heavy atom. The zero-order valence-electron chi connectivity index (χ0n) is 10.2. The molecule has 0 radical (unpaired) electrons. The predicted octanol–water partition coefficient (Wildman–Crippen LogP) is 1.67. The summed E-state index contributed by atoms with van der Waals surface area (Å²) >= 11 is 0. The van der Waals surface area contributed by atoms with Crippen molar-refractivity contribution in [2.75, 3.05) is 0 Å². The lowest BCUT2D eigenvalue weighted by molar-refractivity contribution is -0.143. The molecule has 0 aromatic rings. The maximum absolute atomic E-state index is 11.1. The summed E-state index contributed by atoms with van der Waals surface area (Å²) in [5.74, 6) is 2.79. The van der Waals surface area contributed by atoms with E-state index in [4.69, 9.17) is 9.47 Å². The lowest BCUT2D eigenvalue weighted by atomic mass is 10.3. The van der Waals surface area contributed by atoms with Gasteiger partial charge < -0.3 is 9.47 Å². The zero-order chi connectivity index (χ0) is 12.6. The smallest absolute Gasteiger partial charge is 0.385 e. The Morgan fingerprint density at radius 3 is 1.50 bits per heavy atom. The van der Waals surface area contributed by atoms with E-state index in [9.17, 15) is 9.59 Å². The Balaban J connectivity index is 4.08. The molecule has 0 fully saturated rings. The van der Waals surface area contributed by atoms with Crippen LogP contribution in [-0.2, 0) is 19.1 Å². The molecule has 0 aliphatic carbocycles. The van der Waals surface area contributed by atoms with Crippen LogP contribution in [0.4, 0.5) is 0 Å². The van der Waals surface area contributed by atoms with E-state index in [2.05, 4.69) is 11.8 Å². The highest BCUT2D eigenvalue weighted by molar-refractivity contribution is 5.98. The third-order valence-corrected chi connectivity index (χ3v) is 2.03. The highest BCUT2D eigenvalue weighted by Gasteiger charge is 2.06. The summed E-state index contributed by atoms with van der Waals surface area (Å²) in [4.78, 5) is 22.1. The fraction of sp³-hybridized carbons (Fsp3) is 0.667. The SMILES string of the molecule is CCC(C)OC(=O)C#CC(=O)OC(C)CC. The normalized spacial score (nSPS) is 13.0. The van der Waals surface area contributed by atoms with Gasteiger partial charge in [0.05, 0.1) is 12.2 Å². The van der Waals surface area contributed by atoms with Crippen molar-refractivity contribution in [3.05, 3.63) is 0 Å². The number of esters is 2. The Bertz CT molecular complexity index is 270. The van der Waals surface area contributed by atoms with Crippen LogP contribution in [-0.4, -0.2) is 24.1 Å². The molecular formula is C12H18O4. The van der Waals surface area contributed by atoms with Crippen molar-refractivity contribution < 1.29 is 19.1 Å². The van der Waals surface area contributed by atoms with Gasteiger partial charge in [0.1, 0.15) is 0 Å². The van der Waals surface area contributed by atoms with E-state index < -0.39 is 11.9 Å². The molecule has 0 bridgehead atoms. The van der Waals surface area contributed by atoms with Gasteiger partial charge in [0, 0.05) is 11.8 Å². The number of ether oxygens (including phenoxy) is 2. The molecule has 0 aromatic heterocycles. The molecule has 2 unspecified atom stereocenters. The van der Waals surface area contributed by atoms with Crippen LogP contribution in [0.1, 0.15) is 40.5 Å². The van der Waals surface area contributed by atoms with Crippen molar-refractivity contribution in [3.8, 4) is 11.8 Å². The quantitative estimate of drug-likeness (QED) is 0.415. The minimum absolute atomic E-state index is 0.188. The van der Waals surface area contributed by atoms with Crippen LogP contribution in [0.25, 0.3) is 0 Å². The standard InChI is InChI=1S/C12H18O4/c1-5-9(3)15-11(13)7-8-12(14)16-10(4)6-2/h9-10H,5-6H2,1-4H3. The first-order valence-electron chi connectivity index (χ1n) is 5.42. The van der Waals surface area contributed by atoms with Crippen LogP contribution in [0.3, 0.4) is 0 Å². The lowest BCUT2D eigenvalue weighted by Crippen LogP contribution is -2.14. The average Bonchev–Trinajstić information content (AvgIpc) is 2.26. The number of carbonyl (C=O) groups excluding carboxylic acids is 2. The highest BCUT2D eigenvalue weighted by atomic mass is 16.5. The molecule has 4 heteroatoms. The third kappa shape index (κ3) is 6.88. The molecule has 0 saturated carbocycles. The largest absolute Gasteiger partial charge is 0.453 e. The Labute approximate surface area is 96.3 Å². The molecule has 0 heterocycles. The molecule has 0 N–H and O–H groups in total. The van der Waals surface area contributed by atoms with Crippen molar-refractivity contribution in [1.82, 2.24) is 0 Å². The van der Waals surface area contributed by atoms with Gasteiger partial charge >= 0.3 is 11.9 Å². The van der Waals surface area contributed by atoms with Crippen molar-refractivity contribution in [3.63, 3.8) is 0 Å². The molecule has 4 nitrogen and oxygen atoms in total. The van der Waals surface area contributed by atoms with Crippen LogP contribution in [0.5, 0.6) is 0 Å². The van der Waals surface area contributed by atoms with Crippen LogP contribution in [0.15, 0.2) is 0 Å². The van der Waals surface area contributed by atoms with Crippen molar-refractivity contribution in [1.29, 1.82) is 0 Å². The van der Waals surface area contributed by atoms with Gasteiger partial charge in [0.25, 0.3) is 0 Å². The monoisotopic (exact) mass is 226 g/mol. The van der Waals surface area contributed by atoms with Crippen molar-refractivity contribution >= 4 is 11.9 Å². The first-order chi connectivity index (χ1) is 7.49. The fourth-order valence-corrected chi connectivity index (χ4v) is 0.693. The number of rotatable bonds is 4. The van der Waals surface area contributed by atoms with Crippen molar-refractivity contribution in [2.45, 2.75) is 52.7 Å². The van der Waals surface area contributed by atoms with E-state index in [-0.39, 0.29) is 12.2 Å². The average molecular weight is 226 g/mol. The highest BCUT2D eigenvalue weighted by Crippen LogP contribution is 1.96. The van der Waals surface area contributed by atoms with Gasteiger partial charge in [-0.1, -0.05) is 13.8 Å². The number of carbonyl (C=O) groups is 2.